The lowest BCUT2D eigenvalue weighted by Crippen LogP contribution is -2.31. The molecule has 4 aromatic rings. The van der Waals surface area contributed by atoms with Gasteiger partial charge in [-0.1, -0.05) is 66.7 Å². The number of benzene rings is 4. The van der Waals surface area contributed by atoms with E-state index in [1.165, 1.54) is 4.90 Å². The van der Waals surface area contributed by atoms with Gasteiger partial charge < -0.3 is 24.2 Å². The Morgan fingerprint density at radius 3 is 2.09 bits per heavy atom. The van der Waals surface area contributed by atoms with E-state index in [0.717, 1.165) is 16.7 Å². The van der Waals surface area contributed by atoms with Crippen LogP contribution in [0.5, 0.6) is 11.5 Å². The van der Waals surface area contributed by atoms with Crippen LogP contribution < -0.4 is 9.47 Å². The van der Waals surface area contributed by atoms with Crippen molar-refractivity contribution in [1.82, 2.24) is 4.90 Å². The number of aliphatic hydroxyl groups is 1. The van der Waals surface area contributed by atoms with Crippen molar-refractivity contribution in [3.8, 4) is 11.5 Å². The maximum atomic E-state index is 13.3. The molecule has 1 saturated heterocycles. The van der Waals surface area contributed by atoms with Crippen molar-refractivity contribution < 1.29 is 28.9 Å². The number of hydrogen-bond donors (Lipinski definition) is 1. The van der Waals surface area contributed by atoms with Gasteiger partial charge in [-0.15, -0.1) is 0 Å². The summed E-state index contributed by atoms with van der Waals surface area (Å²) in [5.41, 5.74) is 4.44. The molecular weight excluding hydrogens is 542 g/mol. The molecule has 43 heavy (non-hydrogen) atoms. The molecule has 220 valence electrons. The van der Waals surface area contributed by atoms with Crippen molar-refractivity contribution in [1.29, 1.82) is 0 Å². The van der Waals surface area contributed by atoms with Gasteiger partial charge in [-0.2, -0.15) is 0 Å². The van der Waals surface area contributed by atoms with Crippen molar-refractivity contribution in [2.45, 2.75) is 32.6 Å². The maximum Gasteiger partial charge on any atom is 0.295 e. The summed E-state index contributed by atoms with van der Waals surface area (Å²) in [6.07, 6.45) is 0.547. The second kappa shape index (κ2) is 13.9. The lowest BCUT2D eigenvalue weighted by molar-refractivity contribution is -0.140. The Bertz CT molecular complexity index is 1580. The summed E-state index contributed by atoms with van der Waals surface area (Å²) in [5.74, 6) is -0.311. The van der Waals surface area contributed by atoms with Gasteiger partial charge in [0, 0.05) is 25.8 Å². The number of nitrogens with zero attached hydrogens (tertiary/aromatic N) is 1. The molecule has 0 saturated carbocycles. The molecule has 0 radical (unpaired) electrons. The Balaban J connectivity index is 1.39. The second-order valence-electron chi connectivity index (χ2n) is 10.4. The van der Waals surface area contributed by atoms with E-state index >= 15 is 0 Å². The smallest absolute Gasteiger partial charge is 0.295 e. The molecule has 1 unspecified atom stereocenters. The van der Waals surface area contributed by atoms with Crippen molar-refractivity contribution >= 4 is 17.4 Å². The number of methoxy groups -OCH3 is 1. The van der Waals surface area contributed by atoms with Crippen LogP contribution in [-0.2, 0) is 27.5 Å². The molecule has 0 aliphatic carbocycles. The molecule has 5 rings (SSSR count). The van der Waals surface area contributed by atoms with E-state index in [-0.39, 0.29) is 11.3 Å². The SMILES string of the molecule is COCCCN1C(=O)C(=O)C(=C(O)c2ccc(OCc3ccccc3C)cc2)C1c1ccc(OCc2ccccc2)cc1. The van der Waals surface area contributed by atoms with Gasteiger partial charge in [0.1, 0.15) is 30.5 Å². The molecule has 0 spiro atoms. The van der Waals surface area contributed by atoms with Crippen LogP contribution in [0.3, 0.4) is 0 Å². The molecular formula is C36H35NO6. The molecule has 7 nitrogen and oxygen atoms in total. The standard InChI is InChI=1S/C36H35NO6/c1-25-9-6-7-12-29(25)24-43-31-19-15-28(16-20-31)34(38)32-33(37(21-8-22-41-2)36(40)35(32)39)27-13-17-30(18-14-27)42-23-26-10-4-3-5-11-26/h3-7,9-20,33,38H,8,21-24H2,1-2H3. The molecule has 1 N–H and O–H groups in total. The number of carbonyl (C=O) groups excluding carboxylic acids is 2. The number of rotatable bonds is 12. The molecule has 1 amide bonds. The molecule has 1 aliphatic rings. The minimum absolute atomic E-state index is 0.0500. The van der Waals surface area contributed by atoms with Gasteiger partial charge in [-0.25, -0.2) is 0 Å². The van der Waals surface area contributed by atoms with E-state index in [0.29, 0.717) is 55.4 Å². The Hall–Kier alpha value is -4.88. The molecule has 1 heterocycles. The van der Waals surface area contributed by atoms with Gasteiger partial charge in [0.15, 0.2) is 0 Å². The van der Waals surface area contributed by atoms with Gasteiger partial charge in [0.05, 0.1) is 11.6 Å². The summed E-state index contributed by atoms with van der Waals surface area (Å²) in [6, 6.07) is 31.3. The second-order valence-corrected chi connectivity index (χ2v) is 10.4. The van der Waals surface area contributed by atoms with Gasteiger partial charge in [-0.05, 0) is 72.0 Å². The Kier molecular flexibility index (Phi) is 9.54. The first-order valence-corrected chi connectivity index (χ1v) is 14.3. The molecule has 7 heteroatoms. The van der Waals surface area contributed by atoms with E-state index in [2.05, 4.69) is 0 Å². The van der Waals surface area contributed by atoms with E-state index in [1.807, 2.05) is 85.8 Å². The van der Waals surface area contributed by atoms with Crippen LogP contribution in [-0.4, -0.2) is 42.0 Å². The monoisotopic (exact) mass is 577 g/mol. The minimum Gasteiger partial charge on any atom is -0.507 e. The van der Waals surface area contributed by atoms with Crippen LogP contribution in [0.2, 0.25) is 0 Å². The third-order valence-electron chi connectivity index (χ3n) is 7.51. The molecule has 0 aromatic heterocycles. The summed E-state index contributed by atoms with van der Waals surface area (Å²) in [5, 5.41) is 11.4. The highest BCUT2D eigenvalue weighted by molar-refractivity contribution is 6.46. The number of hydrogen-bond acceptors (Lipinski definition) is 6. The summed E-state index contributed by atoms with van der Waals surface area (Å²) in [4.78, 5) is 28.1. The first kappa shape index (κ1) is 29.6. The van der Waals surface area contributed by atoms with Crippen molar-refractivity contribution in [2.75, 3.05) is 20.3 Å². The number of carbonyl (C=O) groups is 2. The van der Waals surface area contributed by atoms with E-state index in [9.17, 15) is 14.7 Å². The highest BCUT2D eigenvalue weighted by Crippen LogP contribution is 2.40. The molecule has 1 atom stereocenters. The first-order chi connectivity index (χ1) is 21.0. The topological polar surface area (TPSA) is 85.3 Å². The van der Waals surface area contributed by atoms with Crippen molar-refractivity contribution in [3.63, 3.8) is 0 Å². The Morgan fingerprint density at radius 2 is 1.42 bits per heavy atom. The van der Waals surface area contributed by atoms with Crippen LogP contribution in [0.15, 0.2) is 109 Å². The summed E-state index contributed by atoms with van der Waals surface area (Å²) < 4.78 is 17.1. The highest BCUT2D eigenvalue weighted by atomic mass is 16.5. The zero-order valence-corrected chi connectivity index (χ0v) is 24.4. The number of aryl methyl sites for hydroxylation is 1. The van der Waals surface area contributed by atoms with Crippen LogP contribution in [0.25, 0.3) is 5.76 Å². The number of amides is 1. The Morgan fingerprint density at radius 1 is 0.791 bits per heavy atom. The normalized spacial score (nSPS) is 16.0. The van der Waals surface area contributed by atoms with Gasteiger partial charge >= 0.3 is 0 Å². The lowest BCUT2D eigenvalue weighted by Gasteiger charge is -2.25. The fourth-order valence-corrected chi connectivity index (χ4v) is 5.12. The number of aliphatic hydroxyl groups excluding tert-OH is 1. The number of ether oxygens (including phenoxy) is 3. The first-order valence-electron chi connectivity index (χ1n) is 14.3. The molecule has 0 bridgehead atoms. The average molecular weight is 578 g/mol. The molecule has 4 aromatic carbocycles. The zero-order valence-electron chi connectivity index (χ0n) is 24.4. The van der Waals surface area contributed by atoms with Crippen LogP contribution in [0, 0.1) is 6.92 Å². The average Bonchev–Trinajstić information content (AvgIpc) is 3.29. The number of Topliss-reactive ketones (excluding diaryl/α,β-unsaturated/α-hetero) is 1. The molecule has 1 fully saturated rings. The summed E-state index contributed by atoms with van der Waals surface area (Å²) >= 11 is 0. The zero-order chi connectivity index (χ0) is 30.2. The van der Waals surface area contributed by atoms with Gasteiger partial charge in [-0.3, -0.25) is 9.59 Å². The van der Waals surface area contributed by atoms with Crippen molar-refractivity contribution in [2.24, 2.45) is 0 Å². The van der Waals surface area contributed by atoms with E-state index in [1.54, 1.807) is 31.4 Å². The van der Waals surface area contributed by atoms with E-state index in [4.69, 9.17) is 14.2 Å². The summed E-state index contributed by atoms with van der Waals surface area (Å²) in [6.45, 7) is 3.60. The lowest BCUT2D eigenvalue weighted by atomic mass is 9.95. The number of likely N-dealkylation sites (tertiary alicyclic amines) is 1. The van der Waals surface area contributed by atoms with Gasteiger partial charge in [0.2, 0.25) is 0 Å². The predicted octanol–water partition coefficient (Wildman–Crippen LogP) is 6.61. The third kappa shape index (κ3) is 6.96. The quantitative estimate of drug-likeness (QED) is 0.0883. The minimum atomic E-state index is -0.753. The fourth-order valence-electron chi connectivity index (χ4n) is 5.12. The fraction of sp³-hybridized carbons (Fsp3) is 0.222. The predicted molar refractivity (Wildman–Crippen MR) is 165 cm³/mol. The van der Waals surface area contributed by atoms with Gasteiger partial charge in [0.25, 0.3) is 11.7 Å². The Labute approximate surface area is 252 Å². The largest absolute Gasteiger partial charge is 0.507 e. The number of ketones is 1. The van der Waals surface area contributed by atoms with Crippen molar-refractivity contribution in [3.05, 3.63) is 137 Å². The van der Waals surface area contributed by atoms with Crippen LogP contribution >= 0.6 is 0 Å². The third-order valence-corrected chi connectivity index (χ3v) is 7.51. The highest BCUT2D eigenvalue weighted by Gasteiger charge is 2.45. The van der Waals surface area contributed by atoms with E-state index < -0.39 is 17.7 Å². The van der Waals surface area contributed by atoms with Crippen LogP contribution in [0.4, 0.5) is 0 Å². The molecule has 1 aliphatic heterocycles. The summed E-state index contributed by atoms with van der Waals surface area (Å²) in [7, 11) is 1.59. The van der Waals surface area contributed by atoms with Crippen LogP contribution in [0.1, 0.15) is 40.3 Å². The maximum absolute atomic E-state index is 13.3.